The van der Waals surface area contributed by atoms with Crippen LogP contribution in [0.4, 0.5) is 0 Å². The van der Waals surface area contributed by atoms with Crippen molar-refractivity contribution in [3.05, 3.63) is 11.9 Å². The fourth-order valence-corrected chi connectivity index (χ4v) is 1.49. The average molecular weight is 285 g/mol. The summed E-state index contributed by atoms with van der Waals surface area (Å²) < 4.78 is 18.1. The van der Waals surface area contributed by atoms with Crippen molar-refractivity contribution >= 4 is 0 Å². The van der Waals surface area contributed by atoms with Crippen LogP contribution in [0.5, 0.6) is 0 Å². The Morgan fingerprint density at radius 2 is 1.70 bits per heavy atom. The predicted molar refractivity (Wildman–Crippen MR) is 76.4 cm³/mol. The summed E-state index contributed by atoms with van der Waals surface area (Å²) in [6, 6.07) is 0. The summed E-state index contributed by atoms with van der Waals surface area (Å²) in [5.74, 6) is 0.690. The lowest BCUT2D eigenvalue weighted by Gasteiger charge is -2.07. The summed E-state index contributed by atoms with van der Waals surface area (Å²) in [5.41, 5.74) is 0.851. The van der Waals surface area contributed by atoms with E-state index in [1.165, 1.54) is 0 Å². The number of rotatable bonds is 12. The molecule has 0 amide bonds. The van der Waals surface area contributed by atoms with Crippen LogP contribution < -0.4 is 0 Å². The zero-order chi connectivity index (χ0) is 14.6. The second kappa shape index (κ2) is 10.8. The zero-order valence-corrected chi connectivity index (χ0v) is 12.9. The molecule has 6 nitrogen and oxygen atoms in total. The van der Waals surface area contributed by atoms with Crippen LogP contribution in [-0.4, -0.2) is 48.0 Å². The van der Waals surface area contributed by atoms with Crippen molar-refractivity contribution in [2.45, 2.75) is 40.3 Å². The van der Waals surface area contributed by atoms with Gasteiger partial charge in [-0.05, 0) is 19.3 Å². The third-order valence-electron chi connectivity index (χ3n) is 2.74. The molecule has 116 valence electrons. The van der Waals surface area contributed by atoms with Crippen LogP contribution in [0.1, 0.15) is 32.9 Å². The standard InChI is InChI=1S/C14H27N3O3/c1-4-17-11-14(15-16-17)12-20-10-9-19-8-7-18-6-5-13(2)3/h11,13H,4-10,12H2,1-3H3. The van der Waals surface area contributed by atoms with Crippen LogP contribution in [0.3, 0.4) is 0 Å². The van der Waals surface area contributed by atoms with Crippen LogP contribution in [-0.2, 0) is 27.4 Å². The highest BCUT2D eigenvalue weighted by Gasteiger charge is 1.99. The van der Waals surface area contributed by atoms with Crippen LogP contribution in [0, 0.1) is 5.92 Å². The largest absolute Gasteiger partial charge is 0.379 e. The highest BCUT2D eigenvalue weighted by molar-refractivity contribution is 4.89. The number of ether oxygens (including phenoxy) is 3. The van der Waals surface area contributed by atoms with Gasteiger partial charge in [-0.15, -0.1) is 5.10 Å². The Morgan fingerprint density at radius 1 is 1.05 bits per heavy atom. The van der Waals surface area contributed by atoms with Crippen molar-refractivity contribution in [2.24, 2.45) is 5.92 Å². The Bertz CT molecular complexity index is 342. The van der Waals surface area contributed by atoms with Crippen molar-refractivity contribution in [3.8, 4) is 0 Å². The van der Waals surface area contributed by atoms with Crippen LogP contribution in [0.25, 0.3) is 0 Å². The Hall–Kier alpha value is -0.980. The summed E-state index contributed by atoms with van der Waals surface area (Å²) in [5, 5.41) is 7.94. The molecule has 0 radical (unpaired) electrons. The molecule has 0 unspecified atom stereocenters. The maximum absolute atomic E-state index is 5.46. The third-order valence-corrected chi connectivity index (χ3v) is 2.74. The first-order chi connectivity index (χ1) is 9.72. The average Bonchev–Trinajstić information content (AvgIpc) is 2.88. The summed E-state index contributed by atoms with van der Waals surface area (Å²) in [4.78, 5) is 0. The summed E-state index contributed by atoms with van der Waals surface area (Å²) in [6.45, 7) is 10.9. The first kappa shape index (κ1) is 17.1. The van der Waals surface area contributed by atoms with Crippen LogP contribution in [0.15, 0.2) is 6.20 Å². The Morgan fingerprint density at radius 3 is 2.30 bits per heavy atom. The number of hydrogen-bond donors (Lipinski definition) is 0. The quantitative estimate of drug-likeness (QED) is 0.549. The minimum Gasteiger partial charge on any atom is -0.379 e. The molecule has 0 saturated carbocycles. The van der Waals surface area contributed by atoms with Crippen molar-refractivity contribution in [1.29, 1.82) is 0 Å². The van der Waals surface area contributed by atoms with E-state index in [4.69, 9.17) is 14.2 Å². The second-order valence-corrected chi connectivity index (χ2v) is 5.03. The molecular weight excluding hydrogens is 258 g/mol. The minimum atomic E-state index is 0.480. The molecule has 0 aromatic carbocycles. The molecule has 0 bridgehead atoms. The lowest BCUT2D eigenvalue weighted by Crippen LogP contribution is -2.10. The molecule has 1 aromatic heterocycles. The molecule has 0 N–H and O–H groups in total. The van der Waals surface area contributed by atoms with E-state index in [1.54, 1.807) is 4.68 Å². The van der Waals surface area contributed by atoms with E-state index < -0.39 is 0 Å². The first-order valence-corrected chi connectivity index (χ1v) is 7.34. The summed E-state index contributed by atoms with van der Waals surface area (Å²) >= 11 is 0. The lowest BCUT2D eigenvalue weighted by molar-refractivity contribution is 0.00852. The monoisotopic (exact) mass is 285 g/mol. The molecule has 0 spiro atoms. The van der Waals surface area contributed by atoms with E-state index in [0.29, 0.717) is 39.0 Å². The number of aryl methyl sites for hydroxylation is 1. The van der Waals surface area contributed by atoms with Gasteiger partial charge in [0.15, 0.2) is 0 Å². The van der Waals surface area contributed by atoms with Crippen LogP contribution in [0.2, 0.25) is 0 Å². The van der Waals surface area contributed by atoms with E-state index in [-0.39, 0.29) is 0 Å². The summed E-state index contributed by atoms with van der Waals surface area (Å²) in [6.07, 6.45) is 2.99. The van der Waals surface area contributed by atoms with Gasteiger partial charge < -0.3 is 14.2 Å². The predicted octanol–water partition coefficient (Wildman–Crippen LogP) is 1.89. The maximum Gasteiger partial charge on any atom is 0.108 e. The molecule has 20 heavy (non-hydrogen) atoms. The fraction of sp³-hybridized carbons (Fsp3) is 0.857. The van der Waals surface area contributed by atoms with Gasteiger partial charge in [0.1, 0.15) is 5.69 Å². The Kier molecular flexibility index (Phi) is 9.19. The fourth-order valence-electron chi connectivity index (χ4n) is 1.49. The van der Waals surface area contributed by atoms with Gasteiger partial charge in [-0.2, -0.15) is 0 Å². The van der Waals surface area contributed by atoms with Gasteiger partial charge in [-0.1, -0.05) is 19.1 Å². The van der Waals surface area contributed by atoms with Gasteiger partial charge in [0, 0.05) is 13.2 Å². The normalized spacial score (nSPS) is 11.4. The maximum atomic E-state index is 5.46. The molecule has 0 saturated heterocycles. The van der Waals surface area contributed by atoms with Crippen LogP contribution >= 0.6 is 0 Å². The van der Waals surface area contributed by atoms with Crippen molar-refractivity contribution in [2.75, 3.05) is 33.0 Å². The van der Waals surface area contributed by atoms with Crippen molar-refractivity contribution < 1.29 is 14.2 Å². The van der Waals surface area contributed by atoms with Gasteiger partial charge >= 0.3 is 0 Å². The lowest BCUT2D eigenvalue weighted by atomic mass is 10.1. The smallest absolute Gasteiger partial charge is 0.108 e. The van der Waals surface area contributed by atoms with Gasteiger partial charge in [0.05, 0.1) is 39.2 Å². The molecule has 0 aliphatic heterocycles. The number of hydrogen-bond acceptors (Lipinski definition) is 5. The first-order valence-electron chi connectivity index (χ1n) is 7.34. The number of nitrogens with zero attached hydrogens (tertiary/aromatic N) is 3. The molecular formula is C14H27N3O3. The zero-order valence-electron chi connectivity index (χ0n) is 12.9. The highest BCUT2D eigenvalue weighted by Crippen LogP contribution is 1.98. The molecule has 1 rings (SSSR count). The minimum absolute atomic E-state index is 0.480. The molecule has 1 heterocycles. The molecule has 0 atom stereocenters. The molecule has 0 fully saturated rings. The van der Waals surface area contributed by atoms with Crippen molar-refractivity contribution in [1.82, 2.24) is 15.0 Å². The second-order valence-electron chi connectivity index (χ2n) is 5.03. The van der Waals surface area contributed by atoms with E-state index >= 15 is 0 Å². The molecule has 0 aliphatic carbocycles. The molecule has 1 aromatic rings. The third kappa shape index (κ3) is 8.24. The van der Waals surface area contributed by atoms with E-state index in [0.717, 1.165) is 25.3 Å². The molecule has 6 heteroatoms. The highest BCUT2D eigenvalue weighted by atomic mass is 16.5. The van der Waals surface area contributed by atoms with Gasteiger partial charge in [-0.3, -0.25) is 4.68 Å². The van der Waals surface area contributed by atoms with Gasteiger partial charge in [0.2, 0.25) is 0 Å². The van der Waals surface area contributed by atoms with E-state index in [1.807, 2.05) is 13.1 Å². The van der Waals surface area contributed by atoms with Gasteiger partial charge in [-0.25, -0.2) is 0 Å². The Balaban J connectivity index is 1.85. The Labute approximate surface area is 121 Å². The van der Waals surface area contributed by atoms with Gasteiger partial charge in [0.25, 0.3) is 0 Å². The van der Waals surface area contributed by atoms with Crippen molar-refractivity contribution in [3.63, 3.8) is 0 Å². The number of aromatic nitrogens is 3. The SMILES string of the molecule is CCn1cc(COCCOCCOCCC(C)C)nn1. The molecule has 0 aliphatic rings. The van der Waals surface area contributed by atoms with E-state index in [9.17, 15) is 0 Å². The summed E-state index contributed by atoms with van der Waals surface area (Å²) in [7, 11) is 0. The topological polar surface area (TPSA) is 58.4 Å². The van der Waals surface area contributed by atoms with E-state index in [2.05, 4.69) is 24.2 Å².